The fraction of sp³-hybridized carbons (Fsp3) is 0.320. The summed E-state index contributed by atoms with van der Waals surface area (Å²) >= 11 is 0. The molecule has 0 radical (unpaired) electrons. The van der Waals surface area contributed by atoms with Gasteiger partial charge in [-0.2, -0.15) is 0 Å². The summed E-state index contributed by atoms with van der Waals surface area (Å²) in [6, 6.07) is 16.5. The average Bonchev–Trinajstić information content (AvgIpc) is 3.31. The standard InChI is InChI=1S/C25H26N4O3/c30-22(26-20-12-6-10-18-17-9-4-5-11-19(17)27-23(18)20)15-21-24(31)29(25(32)28-21)14-13-16-7-2-1-3-8-16/h1-5,7-9,11,20-21,27H,6,10,12-15H2,(H,26,30)(H,28,32)/t20-,21+/m1/s1. The molecule has 7 heteroatoms. The first-order valence-corrected chi connectivity index (χ1v) is 11.1. The number of hydrogen-bond donors (Lipinski definition) is 3. The lowest BCUT2D eigenvalue weighted by atomic mass is 9.91. The summed E-state index contributed by atoms with van der Waals surface area (Å²) in [4.78, 5) is 42.5. The van der Waals surface area contributed by atoms with Crippen LogP contribution in [0.3, 0.4) is 0 Å². The zero-order valence-electron chi connectivity index (χ0n) is 17.8. The maximum Gasteiger partial charge on any atom is 0.324 e. The Morgan fingerprint density at radius 3 is 2.69 bits per heavy atom. The molecule has 2 aromatic carbocycles. The highest BCUT2D eigenvalue weighted by atomic mass is 16.2. The molecule has 7 nitrogen and oxygen atoms in total. The molecule has 1 aromatic heterocycles. The van der Waals surface area contributed by atoms with Crippen molar-refractivity contribution in [2.75, 3.05) is 6.54 Å². The monoisotopic (exact) mass is 430 g/mol. The summed E-state index contributed by atoms with van der Waals surface area (Å²) in [7, 11) is 0. The van der Waals surface area contributed by atoms with E-state index in [9.17, 15) is 14.4 Å². The average molecular weight is 431 g/mol. The molecule has 0 saturated carbocycles. The molecule has 2 heterocycles. The van der Waals surface area contributed by atoms with Crippen molar-refractivity contribution in [2.45, 2.75) is 44.2 Å². The quantitative estimate of drug-likeness (QED) is 0.524. The third-order valence-corrected chi connectivity index (χ3v) is 6.41. The van der Waals surface area contributed by atoms with Crippen molar-refractivity contribution in [3.63, 3.8) is 0 Å². The minimum atomic E-state index is -0.816. The molecule has 32 heavy (non-hydrogen) atoms. The molecule has 4 amide bonds. The topological polar surface area (TPSA) is 94.3 Å². The third-order valence-electron chi connectivity index (χ3n) is 6.41. The van der Waals surface area contributed by atoms with Gasteiger partial charge in [-0.15, -0.1) is 0 Å². The van der Waals surface area contributed by atoms with Crippen molar-refractivity contribution < 1.29 is 14.4 Å². The molecule has 5 rings (SSSR count). The number of amides is 4. The van der Waals surface area contributed by atoms with Gasteiger partial charge in [-0.1, -0.05) is 48.5 Å². The molecule has 0 bridgehead atoms. The second-order valence-corrected chi connectivity index (χ2v) is 8.51. The zero-order valence-corrected chi connectivity index (χ0v) is 17.8. The van der Waals surface area contributed by atoms with Crippen molar-refractivity contribution in [3.05, 3.63) is 71.4 Å². The van der Waals surface area contributed by atoms with Crippen LogP contribution in [0.25, 0.3) is 10.9 Å². The molecule has 1 aliphatic carbocycles. The van der Waals surface area contributed by atoms with Gasteiger partial charge in [-0.05, 0) is 42.9 Å². The highest BCUT2D eigenvalue weighted by Gasteiger charge is 2.39. The lowest BCUT2D eigenvalue weighted by Gasteiger charge is -2.24. The van der Waals surface area contributed by atoms with Crippen LogP contribution in [-0.4, -0.2) is 40.3 Å². The summed E-state index contributed by atoms with van der Waals surface area (Å²) in [5, 5.41) is 6.95. The number of imide groups is 1. The van der Waals surface area contributed by atoms with E-state index in [-0.39, 0.29) is 24.3 Å². The molecule has 3 aromatic rings. The number of carbonyl (C=O) groups excluding carboxylic acids is 3. The first-order chi connectivity index (χ1) is 15.6. The summed E-state index contributed by atoms with van der Waals surface area (Å²) in [6.45, 7) is 0.299. The molecule has 3 N–H and O–H groups in total. The lowest BCUT2D eigenvalue weighted by Crippen LogP contribution is -2.38. The van der Waals surface area contributed by atoms with Crippen LogP contribution >= 0.6 is 0 Å². The Morgan fingerprint density at radius 2 is 1.84 bits per heavy atom. The van der Waals surface area contributed by atoms with Gasteiger partial charge in [-0.25, -0.2) is 4.79 Å². The number of carbonyl (C=O) groups is 3. The van der Waals surface area contributed by atoms with E-state index in [4.69, 9.17) is 0 Å². The number of hydrogen-bond acceptors (Lipinski definition) is 3. The van der Waals surface area contributed by atoms with E-state index in [1.165, 1.54) is 15.8 Å². The van der Waals surface area contributed by atoms with Gasteiger partial charge in [0.05, 0.1) is 12.5 Å². The van der Waals surface area contributed by atoms with E-state index >= 15 is 0 Å². The number of para-hydroxylation sites is 1. The molecule has 164 valence electrons. The van der Waals surface area contributed by atoms with Crippen molar-refractivity contribution in [2.24, 2.45) is 0 Å². The van der Waals surface area contributed by atoms with E-state index in [2.05, 4.69) is 21.7 Å². The van der Waals surface area contributed by atoms with E-state index in [0.29, 0.717) is 13.0 Å². The summed E-state index contributed by atoms with van der Waals surface area (Å²) in [5.74, 6) is -0.568. The predicted octanol–water partition coefficient (Wildman–Crippen LogP) is 3.21. The van der Waals surface area contributed by atoms with E-state index < -0.39 is 12.1 Å². The maximum atomic E-state index is 12.8. The van der Waals surface area contributed by atoms with Gasteiger partial charge in [0.1, 0.15) is 6.04 Å². The number of fused-ring (bicyclic) bond motifs is 3. The van der Waals surface area contributed by atoms with Gasteiger partial charge >= 0.3 is 6.03 Å². The largest absolute Gasteiger partial charge is 0.356 e. The van der Waals surface area contributed by atoms with Crippen molar-refractivity contribution in [3.8, 4) is 0 Å². The Morgan fingerprint density at radius 1 is 1.06 bits per heavy atom. The lowest BCUT2D eigenvalue weighted by molar-refractivity contribution is -0.131. The maximum absolute atomic E-state index is 12.8. The Kier molecular flexibility index (Phi) is 5.39. The second-order valence-electron chi connectivity index (χ2n) is 8.51. The highest BCUT2D eigenvalue weighted by molar-refractivity contribution is 6.05. The number of H-pyrrole nitrogens is 1. The third kappa shape index (κ3) is 3.86. The van der Waals surface area contributed by atoms with Crippen LogP contribution in [0.5, 0.6) is 0 Å². The number of nitrogens with zero attached hydrogens (tertiary/aromatic N) is 1. The van der Waals surface area contributed by atoms with Crippen molar-refractivity contribution in [1.82, 2.24) is 20.5 Å². The molecule has 1 fully saturated rings. The van der Waals surface area contributed by atoms with E-state index in [0.717, 1.165) is 36.0 Å². The van der Waals surface area contributed by atoms with Gasteiger partial charge in [0.2, 0.25) is 5.91 Å². The number of nitrogens with one attached hydrogen (secondary N) is 3. The van der Waals surface area contributed by atoms with Crippen LogP contribution in [0, 0.1) is 0 Å². The second kappa shape index (κ2) is 8.49. The van der Waals surface area contributed by atoms with Gasteiger partial charge in [-0.3, -0.25) is 14.5 Å². The number of benzene rings is 2. The number of rotatable bonds is 6. The smallest absolute Gasteiger partial charge is 0.324 e. The highest BCUT2D eigenvalue weighted by Crippen LogP contribution is 2.34. The van der Waals surface area contributed by atoms with Crippen molar-refractivity contribution in [1.29, 1.82) is 0 Å². The van der Waals surface area contributed by atoms with Gasteiger partial charge < -0.3 is 15.6 Å². The van der Waals surface area contributed by atoms with Crippen LogP contribution in [0.4, 0.5) is 4.79 Å². The number of aromatic amines is 1. The molecular weight excluding hydrogens is 404 g/mol. The molecule has 2 atom stereocenters. The van der Waals surface area contributed by atoms with Gasteiger partial charge in [0.25, 0.3) is 5.91 Å². The predicted molar refractivity (Wildman–Crippen MR) is 121 cm³/mol. The van der Waals surface area contributed by atoms with E-state index in [1.54, 1.807) is 0 Å². The molecular formula is C25H26N4O3. The Bertz CT molecular complexity index is 1170. The van der Waals surface area contributed by atoms with Crippen LogP contribution in [-0.2, 0) is 22.4 Å². The number of aromatic nitrogens is 1. The Labute approximate surface area is 186 Å². The fourth-order valence-electron chi connectivity index (χ4n) is 4.81. The minimum absolute atomic E-state index is 0.0571. The molecule has 2 aliphatic rings. The molecule has 1 saturated heterocycles. The van der Waals surface area contributed by atoms with Crippen molar-refractivity contribution >= 4 is 28.7 Å². The SMILES string of the molecule is O=C(C[C@@H]1NC(=O)N(CCc2ccccc2)C1=O)N[C@@H]1CCCc2c1[nH]c1ccccc21. The van der Waals surface area contributed by atoms with Crippen LogP contribution < -0.4 is 10.6 Å². The summed E-state index contributed by atoms with van der Waals surface area (Å²) in [5.41, 5.74) is 4.44. The zero-order chi connectivity index (χ0) is 22.1. The fourth-order valence-corrected chi connectivity index (χ4v) is 4.81. The van der Waals surface area contributed by atoms with E-state index in [1.807, 2.05) is 48.5 Å². The summed E-state index contributed by atoms with van der Waals surface area (Å²) in [6.07, 6.45) is 3.35. The van der Waals surface area contributed by atoms with Crippen LogP contribution in [0.1, 0.15) is 42.1 Å². The first-order valence-electron chi connectivity index (χ1n) is 11.1. The number of urea groups is 1. The molecule has 1 aliphatic heterocycles. The molecule has 0 spiro atoms. The van der Waals surface area contributed by atoms with Gasteiger partial charge in [0.15, 0.2) is 0 Å². The number of aryl methyl sites for hydroxylation is 1. The summed E-state index contributed by atoms with van der Waals surface area (Å²) < 4.78 is 0. The Balaban J connectivity index is 1.21. The Hall–Kier alpha value is -3.61. The molecule has 0 unspecified atom stereocenters. The normalized spacial score (nSPS) is 20.3. The van der Waals surface area contributed by atoms with Gasteiger partial charge in [0, 0.05) is 23.1 Å². The minimum Gasteiger partial charge on any atom is -0.356 e. The van der Waals surface area contributed by atoms with Crippen LogP contribution in [0.2, 0.25) is 0 Å². The van der Waals surface area contributed by atoms with Crippen LogP contribution in [0.15, 0.2) is 54.6 Å². The first kappa shape index (κ1) is 20.3.